The Labute approximate surface area is 140 Å². The number of hydrogen-bond donors (Lipinski definition) is 1. The first-order valence-corrected chi connectivity index (χ1v) is 8.91. The lowest BCUT2D eigenvalue weighted by Crippen LogP contribution is -2.28. The molecule has 0 saturated carbocycles. The third-order valence-corrected chi connectivity index (χ3v) is 5.26. The number of carbonyl (C=O) groups excluding carboxylic acids is 1. The van der Waals surface area contributed by atoms with Gasteiger partial charge in [0, 0.05) is 25.6 Å². The molecule has 0 spiro atoms. The van der Waals surface area contributed by atoms with E-state index >= 15 is 0 Å². The highest BCUT2D eigenvalue weighted by molar-refractivity contribution is 7.18. The van der Waals surface area contributed by atoms with Gasteiger partial charge in [-0.25, -0.2) is 0 Å². The van der Waals surface area contributed by atoms with Crippen LogP contribution in [-0.2, 0) is 6.42 Å². The predicted molar refractivity (Wildman–Crippen MR) is 94.5 cm³/mol. The number of ether oxygens (including phenoxy) is 1. The molecule has 0 atom stereocenters. The van der Waals surface area contributed by atoms with Gasteiger partial charge in [-0.15, -0.1) is 11.3 Å². The number of amides is 1. The fourth-order valence-corrected chi connectivity index (χ4v) is 3.84. The van der Waals surface area contributed by atoms with Crippen LogP contribution in [0.1, 0.15) is 34.5 Å². The Morgan fingerprint density at radius 2 is 1.91 bits per heavy atom. The van der Waals surface area contributed by atoms with E-state index in [2.05, 4.69) is 17.0 Å². The molecule has 5 heteroatoms. The van der Waals surface area contributed by atoms with Crippen molar-refractivity contribution in [3.05, 3.63) is 46.8 Å². The molecule has 3 rings (SSSR count). The number of piperidine rings is 1. The molecule has 1 fully saturated rings. The van der Waals surface area contributed by atoms with Gasteiger partial charge in [-0.3, -0.25) is 4.79 Å². The summed E-state index contributed by atoms with van der Waals surface area (Å²) in [6, 6.07) is 12.2. The molecule has 0 bridgehead atoms. The summed E-state index contributed by atoms with van der Waals surface area (Å²) in [5, 5.41) is 1.09. The Hall–Kier alpha value is -2.01. The smallest absolute Gasteiger partial charge is 0.262 e. The van der Waals surface area contributed by atoms with Crippen molar-refractivity contribution >= 4 is 22.2 Å². The standard InChI is InChI=1S/C18H22N2O2S/c19-18(21)17-15(22-12-9-14-7-3-1-4-8-14)13-16(23-17)20-10-5-2-6-11-20/h1,3-4,7-8,13H,2,5-6,9-12H2,(H2,19,21). The molecule has 1 amide bonds. The van der Waals surface area contributed by atoms with Crippen LogP contribution < -0.4 is 15.4 Å². The van der Waals surface area contributed by atoms with Crippen LogP contribution in [0.3, 0.4) is 0 Å². The zero-order valence-electron chi connectivity index (χ0n) is 13.2. The molecule has 23 heavy (non-hydrogen) atoms. The number of rotatable bonds is 6. The maximum absolute atomic E-state index is 11.7. The number of primary amides is 1. The first-order chi connectivity index (χ1) is 11.2. The van der Waals surface area contributed by atoms with Crippen molar-refractivity contribution in [2.45, 2.75) is 25.7 Å². The minimum atomic E-state index is -0.409. The molecule has 0 aliphatic carbocycles. The number of carbonyl (C=O) groups is 1. The average molecular weight is 330 g/mol. The SMILES string of the molecule is NC(=O)c1sc(N2CCCCC2)cc1OCCc1ccccc1. The van der Waals surface area contributed by atoms with E-state index in [0.29, 0.717) is 17.2 Å². The van der Waals surface area contributed by atoms with Crippen LogP contribution >= 0.6 is 11.3 Å². The number of thiophene rings is 1. The molecule has 0 radical (unpaired) electrons. The van der Waals surface area contributed by atoms with Gasteiger partial charge in [0.05, 0.1) is 11.6 Å². The van der Waals surface area contributed by atoms with Crippen molar-refractivity contribution in [3.8, 4) is 5.75 Å². The van der Waals surface area contributed by atoms with Crippen molar-refractivity contribution in [3.63, 3.8) is 0 Å². The van der Waals surface area contributed by atoms with E-state index < -0.39 is 5.91 Å². The van der Waals surface area contributed by atoms with E-state index in [1.54, 1.807) is 0 Å². The third kappa shape index (κ3) is 4.05. The van der Waals surface area contributed by atoms with Crippen molar-refractivity contribution < 1.29 is 9.53 Å². The van der Waals surface area contributed by atoms with Crippen LogP contribution in [0.15, 0.2) is 36.4 Å². The Morgan fingerprint density at radius 3 is 2.61 bits per heavy atom. The van der Waals surface area contributed by atoms with E-state index in [1.165, 1.54) is 36.2 Å². The van der Waals surface area contributed by atoms with Gasteiger partial charge in [0.2, 0.25) is 0 Å². The molecule has 1 aliphatic heterocycles. The third-order valence-electron chi connectivity index (χ3n) is 4.07. The molecule has 2 N–H and O–H groups in total. The summed E-state index contributed by atoms with van der Waals surface area (Å²) < 4.78 is 5.86. The normalized spacial score (nSPS) is 14.7. The van der Waals surface area contributed by atoms with Gasteiger partial charge in [0.25, 0.3) is 5.91 Å². The fourth-order valence-electron chi connectivity index (χ4n) is 2.83. The van der Waals surface area contributed by atoms with E-state index in [9.17, 15) is 4.79 Å². The molecular weight excluding hydrogens is 308 g/mol. The highest BCUT2D eigenvalue weighted by atomic mass is 32.1. The van der Waals surface area contributed by atoms with E-state index in [1.807, 2.05) is 24.3 Å². The van der Waals surface area contributed by atoms with Crippen LogP contribution in [-0.4, -0.2) is 25.6 Å². The minimum Gasteiger partial charge on any atom is -0.491 e. The van der Waals surface area contributed by atoms with Crippen LogP contribution in [0.25, 0.3) is 0 Å². The van der Waals surface area contributed by atoms with Gasteiger partial charge in [-0.2, -0.15) is 0 Å². The highest BCUT2D eigenvalue weighted by Crippen LogP contribution is 2.36. The van der Waals surface area contributed by atoms with Gasteiger partial charge in [-0.1, -0.05) is 30.3 Å². The van der Waals surface area contributed by atoms with Crippen molar-refractivity contribution in [1.82, 2.24) is 0 Å². The Balaban J connectivity index is 1.67. The second-order valence-electron chi connectivity index (χ2n) is 5.77. The molecule has 2 aromatic rings. The topological polar surface area (TPSA) is 55.6 Å². The monoisotopic (exact) mass is 330 g/mol. The molecule has 1 saturated heterocycles. The van der Waals surface area contributed by atoms with Gasteiger partial charge >= 0.3 is 0 Å². The lowest BCUT2D eigenvalue weighted by atomic mass is 10.1. The minimum absolute atomic E-state index is 0.409. The summed E-state index contributed by atoms with van der Waals surface area (Å²) in [6.07, 6.45) is 4.50. The Bertz CT molecular complexity index is 648. The fraction of sp³-hybridized carbons (Fsp3) is 0.389. The molecule has 0 unspecified atom stereocenters. The second-order valence-corrected chi connectivity index (χ2v) is 6.80. The quantitative estimate of drug-likeness (QED) is 0.882. The molecule has 122 valence electrons. The zero-order valence-corrected chi connectivity index (χ0v) is 14.0. The van der Waals surface area contributed by atoms with E-state index in [4.69, 9.17) is 10.5 Å². The Kier molecular flexibility index (Phi) is 5.18. The highest BCUT2D eigenvalue weighted by Gasteiger charge is 2.20. The zero-order chi connectivity index (χ0) is 16.1. The van der Waals surface area contributed by atoms with E-state index in [0.717, 1.165) is 24.5 Å². The van der Waals surface area contributed by atoms with Crippen molar-refractivity contribution in [1.29, 1.82) is 0 Å². The second kappa shape index (κ2) is 7.51. The maximum atomic E-state index is 11.7. The number of nitrogens with two attached hydrogens (primary N) is 1. The van der Waals surface area contributed by atoms with Gasteiger partial charge in [0.1, 0.15) is 10.6 Å². The lowest BCUT2D eigenvalue weighted by Gasteiger charge is -2.26. The first-order valence-electron chi connectivity index (χ1n) is 8.09. The summed E-state index contributed by atoms with van der Waals surface area (Å²) in [4.78, 5) is 14.5. The van der Waals surface area contributed by atoms with E-state index in [-0.39, 0.29) is 0 Å². The summed E-state index contributed by atoms with van der Waals surface area (Å²) in [5.41, 5.74) is 6.74. The summed E-state index contributed by atoms with van der Waals surface area (Å²) in [6.45, 7) is 2.63. The van der Waals surface area contributed by atoms with Crippen molar-refractivity contribution in [2.75, 3.05) is 24.6 Å². The summed E-state index contributed by atoms with van der Waals surface area (Å²) >= 11 is 1.45. The number of benzene rings is 1. The first kappa shape index (κ1) is 15.9. The summed E-state index contributed by atoms with van der Waals surface area (Å²) in [5.74, 6) is 0.215. The lowest BCUT2D eigenvalue weighted by molar-refractivity contribution is 0.100. The average Bonchev–Trinajstić information content (AvgIpc) is 3.01. The Morgan fingerprint density at radius 1 is 1.17 bits per heavy atom. The van der Waals surface area contributed by atoms with Crippen LogP contribution in [0.2, 0.25) is 0 Å². The largest absolute Gasteiger partial charge is 0.491 e. The predicted octanol–water partition coefficient (Wildman–Crippen LogP) is 3.46. The van der Waals surface area contributed by atoms with Gasteiger partial charge in [0.15, 0.2) is 0 Å². The number of anilines is 1. The van der Waals surface area contributed by atoms with Gasteiger partial charge in [-0.05, 0) is 24.8 Å². The molecule has 1 aliphatic rings. The molecule has 1 aromatic heterocycles. The maximum Gasteiger partial charge on any atom is 0.262 e. The molecule has 4 nitrogen and oxygen atoms in total. The molecule has 2 heterocycles. The number of nitrogens with zero attached hydrogens (tertiary/aromatic N) is 1. The van der Waals surface area contributed by atoms with Crippen LogP contribution in [0.5, 0.6) is 5.75 Å². The van der Waals surface area contributed by atoms with Gasteiger partial charge < -0.3 is 15.4 Å². The van der Waals surface area contributed by atoms with Crippen molar-refractivity contribution in [2.24, 2.45) is 5.73 Å². The molecule has 1 aromatic carbocycles. The van der Waals surface area contributed by atoms with Crippen LogP contribution in [0, 0.1) is 0 Å². The van der Waals surface area contributed by atoms with Crippen LogP contribution in [0.4, 0.5) is 5.00 Å². The molecular formula is C18H22N2O2S. The number of hydrogen-bond acceptors (Lipinski definition) is 4. The summed E-state index contributed by atoms with van der Waals surface area (Å²) in [7, 11) is 0.